The lowest BCUT2D eigenvalue weighted by molar-refractivity contribution is 0.277. The molecule has 1 aromatic rings. The van der Waals surface area contributed by atoms with Crippen molar-refractivity contribution in [2.75, 3.05) is 19.6 Å². The lowest BCUT2D eigenvalue weighted by Gasteiger charge is -2.24. The highest BCUT2D eigenvalue weighted by atomic mass is 79.9. The number of rotatable bonds is 7. The van der Waals surface area contributed by atoms with Gasteiger partial charge in [-0.25, -0.2) is 0 Å². The van der Waals surface area contributed by atoms with Gasteiger partial charge in [-0.3, -0.25) is 0 Å². The molecule has 0 aromatic heterocycles. The highest BCUT2D eigenvalue weighted by Gasteiger charge is 2.11. The molecule has 1 unspecified atom stereocenters. The molecule has 98 valence electrons. The second kappa shape index (κ2) is 10.1. The quantitative estimate of drug-likeness (QED) is 0.626. The van der Waals surface area contributed by atoms with E-state index in [1.54, 1.807) is 0 Å². The third-order valence-electron chi connectivity index (χ3n) is 2.66. The van der Waals surface area contributed by atoms with Crippen LogP contribution in [0.25, 0.3) is 0 Å². The monoisotopic (exact) mass is 363 g/mol. The molecular formula is C14H23Br2N. The van der Waals surface area contributed by atoms with E-state index in [4.69, 9.17) is 0 Å². The fourth-order valence-electron chi connectivity index (χ4n) is 1.92. The van der Waals surface area contributed by atoms with Crippen molar-refractivity contribution in [3.05, 3.63) is 35.9 Å². The summed E-state index contributed by atoms with van der Waals surface area (Å²) in [5.41, 5.74) is 1.37. The van der Waals surface area contributed by atoms with Crippen LogP contribution in [0.5, 0.6) is 0 Å². The Morgan fingerprint density at radius 2 is 1.59 bits per heavy atom. The summed E-state index contributed by atoms with van der Waals surface area (Å²) in [5, 5.41) is 0. The van der Waals surface area contributed by atoms with E-state index in [0.717, 1.165) is 6.54 Å². The molecule has 0 N–H and O–H groups in total. The molecular weight excluding hydrogens is 342 g/mol. The number of benzene rings is 1. The fourth-order valence-corrected chi connectivity index (χ4v) is 2.64. The molecule has 0 bridgehead atoms. The molecule has 0 aliphatic heterocycles. The van der Waals surface area contributed by atoms with Crippen LogP contribution in [-0.4, -0.2) is 24.5 Å². The van der Waals surface area contributed by atoms with Crippen molar-refractivity contribution < 1.29 is 0 Å². The summed E-state index contributed by atoms with van der Waals surface area (Å²) in [7, 11) is 0. The van der Waals surface area contributed by atoms with Gasteiger partial charge < -0.3 is 4.90 Å². The molecule has 1 aromatic carbocycles. The summed E-state index contributed by atoms with van der Waals surface area (Å²) in [6.07, 6.45) is 2.46. The van der Waals surface area contributed by atoms with Crippen LogP contribution in [0.3, 0.4) is 0 Å². The Bertz CT molecular complexity index is 271. The standard InChI is InChI=1S/C14H22BrN.BrH/c1-3-10-16(11-4-2)12-14(15)13-8-6-5-7-9-13;/h5-9,14H,3-4,10-12H2,1-2H3;1H. The zero-order valence-corrected chi connectivity index (χ0v) is 14.0. The fraction of sp³-hybridized carbons (Fsp3) is 0.571. The van der Waals surface area contributed by atoms with Crippen molar-refractivity contribution in [1.29, 1.82) is 0 Å². The Hall–Kier alpha value is 0.140. The molecule has 3 heteroatoms. The van der Waals surface area contributed by atoms with E-state index in [2.05, 4.69) is 65.0 Å². The Labute approximate surface area is 124 Å². The van der Waals surface area contributed by atoms with Gasteiger partial charge in [0.15, 0.2) is 0 Å². The van der Waals surface area contributed by atoms with Gasteiger partial charge in [0.05, 0.1) is 4.83 Å². The molecule has 0 heterocycles. The smallest absolute Gasteiger partial charge is 0.0522 e. The first-order chi connectivity index (χ1) is 7.77. The summed E-state index contributed by atoms with van der Waals surface area (Å²) < 4.78 is 0. The molecule has 0 saturated carbocycles. The summed E-state index contributed by atoms with van der Waals surface area (Å²) in [6, 6.07) is 10.7. The molecule has 0 radical (unpaired) electrons. The molecule has 0 amide bonds. The largest absolute Gasteiger partial charge is 0.302 e. The van der Waals surface area contributed by atoms with Crippen LogP contribution in [0.2, 0.25) is 0 Å². The maximum Gasteiger partial charge on any atom is 0.0522 e. The van der Waals surface area contributed by atoms with Gasteiger partial charge in [0.25, 0.3) is 0 Å². The molecule has 0 aliphatic rings. The zero-order chi connectivity index (χ0) is 11.8. The van der Waals surface area contributed by atoms with Crippen LogP contribution in [0.15, 0.2) is 30.3 Å². The normalized spacial score (nSPS) is 12.2. The van der Waals surface area contributed by atoms with Gasteiger partial charge in [-0.1, -0.05) is 60.1 Å². The average molecular weight is 365 g/mol. The van der Waals surface area contributed by atoms with E-state index in [-0.39, 0.29) is 17.0 Å². The third kappa shape index (κ3) is 6.58. The second-order valence-electron chi connectivity index (χ2n) is 4.18. The molecule has 0 spiro atoms. The number of nitrogens with zero attached hydrogens (tertiary/aromatic N) is 1. The van der Waals surface area contributed by atoms with E-state index in [9.17, 15) is 0 Å². The summed E-state index contributed by atoms with van der Waals surface area (Å²) >= 11 is 3.78. The van der Waals surface area contributed by atoms with Crippen molar-refractivity contribution in [3.63, 3.8) is 0 Å². The maximum atomic E-state index is 3.78. The van der Waals surface area contributed by atoms with Crippen molar-refractivity contribution in [1.82, 2.24) is 4.90 Å². The van der Waals surface area contributed by atoms with Crippen LogP contribution in [0.1, 0.15) is 37.1 Å². The van der Waals surface area contributed by atoms with Crippen LogP contribution in [0.4, 0.5) is 0 Å². The van der Waals surface area contributed by atoms with Crippen LogP contribution >= 0.6 is 32.9 Å². The van der Waals surface area contributed by atoms with E-state index >= 15 is 0 Å². The van der Waals surface area contributed by atoms with Crippen molar-refractivity contribution >= 4 is 32.9 Å². The first kappa shape index (κ1) is 17.1. The highest BCUT2D eigenvalue weighted by Crippen LogP contribution is 2.23. The predicted octanol–water partition coefficient (Wildman–Crippen LogP) is 4.82. The van der Waals surface area contributed by atoms with Gasteiger partial charge in [-0.05, 0) is 31.5 Å². The minimum atomic E-state index is 0. The Morgan fingerprint density at radius 3 is 2.06 bits per heavy atom. The molecule has 0 saturated heterocycles. The van der Waals surface area contributed by atoms with Gasteiger partial charge in [0.2, 0.25) is 0 Å². The Kier molecular flexibility index (Phi) is 10.2. The van der Waals surface area contributed by atoms with E-state index in [1.807, 2.05) is 0 Å². The molecule has 0 aliphatic carbocycles. The van der Waals surface area contributed by atoms with Crippen molar-refractivity contribution in [2.24, 2.45) is 0 Å². The van der Waals surface area contributed by atoms with Gasteiger partial charge in [-0.15, -0.1) is 17.0 Å². The lowest BCUT2D eigenvalue weighted by atomic mass is 10.1. The van der Waals surface area contributed by atoms with Crippen LogP contribution < -0.4 is 0 Å². The molecule has 1 rings (SSSR count). The Morgan fingerprint density at radius 1 is 1.06 bits per heavy atom. The van der Waals surface area contributed by atoms with E-state index in [0.29, 0.717) is 4.83 Å². The van der Waals surface area contributed by atoms with Gasteiger partial charge in [-0.2, -0.15) is 0 Å². The minimum absolute atomic E-state index is 0. The zero-order valence-electron chi connectivity index (χ0n) is 10.7. The van der Waals surface area contributed by atoms with Crippen LogP contribution in [-0.2, 0) is 0 Å². The van der Waals surface area contributed by atoms with Gasteiger partial charge >= 0.3 is 0 Å². The summed E-state index contributed by atoms with van der Waals surface area (Å²) in [5.74, 6) is 0. The second-order valence-corrected chi connectivity index (χ2v) is 5.28. The van der Waals surface area contributed by atoms with Crippen molar-refractivity contribution in [2.45, 2.75) is 31.5 Å². The van der Waals surface area contributed by atoms with Crippen LogP contribution in [0, 0.1) is 0 Å². The van der Waals surface area contributed by atoms with E-state index < -0.39 is 0 Å². The number of halogens is 2. The first-order valence-corrected chi connectivity index (χ1v) is 7.10. The SMILES string of the molecule is Br.CCCN(CCC)CC(Br)c1ccccc1. The lowest BCUT2D eigenvalue weighted by Crippen LogP contribution is -2.28. The molecule has 1 nitrogen and oxygen atoms in total. The number of hydrogen-bond donors (Lipinski definition) is 0. The summed E-state index contributed by atoms with van der Waals surface area (Å²) in [6.45, 7) is 7.99. The van der Waals surface area contributed by atoms with E-state index in [1.165, 1.54) is 31.5 Å². The number of alkyl halides is 1. The van der Waals surface area contributed by atoms with Gasteiger partial charge in [0.1, 0.15) is 0 Å². The topological polar surface area (TPSA) is 3.24 Å². The number of hydrogen-bond acceptors (Lipinski definition) is 1. The Balaban J connectivity index is 0.00000256. The molecule has 1 atom stereocenters. The van der Waals surface area contributed by atoms with Crippen molar-refractivity contribution in [3.8, 4) is 0 Å². The highest BCUT2D eigenvalue weighted by molar-refractivity contribution is 9.09. The summed E-state index contributed by atoms with van der Waals surface area (Å²) in [4.78, 5) is 2.98. The first-order valence-electron chi connectivity index (χ1n) is 6.19. The molecule has 17 heavy (non-hydrogen) atoms. The molecule has 0 fully saturated rings. The predicted molar refractivity (Wildman–Crippen MR) is 85.5 cm³/mol. The van der Waals surface area contributed by atoms with Gasteiger partial charge in [0, 0.05) is 6.54 Å². The third-order valence-corrected chi connectivity index (χ3v) is 3.48. The average Bonchev–Trinajstić information content (AvgIpc) is 2.31. The maximum absolute atomic E-state index is 3.78. The minimum Gasteiger partial charge on any atom is -0.302 e.